The molecule has 100 valence electrons. The molecule has 0 saturated heterocycles. The topological polar surface area (TPSA) is 50.9 Å². The van der Waals surface area contributed by atoms with Gasteiger partial charge in [-0.3, -0.25) is 0 Å². The lowest BCUT2D eigenvalue weighted by Crippen LogP contribution is -2.23. The van der Waals surface area contributed by atoms with Crippen molar-refractivity contribution >= 4 is 29.0 Å². The highest BCUT2D eigenvalue weighted by atomic mass is 35.5. The molecule has 2 rings (SSSR count). The zero-order chi connectivity index (χ0) is 13.8. The number of nitrogens with zero attached hydrogens (tertiary/aromatic N) is 1. The maximum absolute atomic E-state index is 6.08. The number of hydrogen-bond donors (Lipinski definition) is 2. The molecular formula is C14H15Cl2N3. The minimum atomic E-state index is -0.0477. The normalized spacial score (nSPS) is 12.4. The van der Waals surface area contributed by atoms with Crippen molar-refractivity contribution in [1.29, 1.82) is 0 Å². The lowest BCUT2D eigenvalue weighted by atomic mass is 9.99. The van der Waals surface area contributed by atoms with Crippen molar-refractivity contribution in [3.05, 3.63) is 57.7 Å². The van der Waals surface area contributed by atoms with Crippen LogP contribution in [0.2, 0.25) is 10.0 Å². The number of benzene rings is 1. The Hall–Kier alpha value is -1.29. The third-order valence-electron chi connectivity index (χ3n) is 2.87. The second kappa shape index (κ2) is 6.24. The number of anilines is 1. The van der Waals surface area contributed by atoms with E-state index in [1.807, 2.05) is 31.2 Å². The Kier molecular flexibility index (Phi) is 4.64. The third-order valence-corrected chi connectivity index (χ3v) is 3.61. The highest BCUT2D eigenvalue weighted by Crippen LogP contribution is 2.30. The molecule has 0 bridgehead atoms. The van der Waals surface area contributed by atoms with Crippen molar-refractivity contribution in [2.75, 3.05) is 12.3 Å². The quantitative estimate of drug-likeness (QED) is 0.905. The average molecular weight is 296 g/mol. The molecule has 3 nitrogen and oxygen atoms in total. The third kappa shape index (κ3) is 3.18. The smallest absolute Gasteiger partial charge is 0.128 e. The predicted molar refractivity (Wildman–Crippen MR) is 80.6 cm³/mol. The summed E-state index contributed by atoms with van der Waals surface area (Å²) in [6, 6.07) is 9.35. The fourth-order valence-electron chi connectivity index (χ4n) is 1.98. The van der Waals surface area contributed by atoms with Crippen LogP contribution in [0.1, 0.15) is 24.1 Å². The molecule has 5 heteroatoms. The van der Waals surface area contributed by atoms with Gasteiger partial charge in [-0.25, -0.2) is 4.98 Å². The lowest BCUT2D eigenvalue weighted by Gasteiger charge is -2.20. The molecule has 1 unspecified atom stereocenters. The number of rotatable bonds is 4. The number of nitrogens with one attached hydrogen (secondary N) is 1. The van der Waals surface area contributed by atoms with Gasteiger partial charge >= 0.3 is 0 Å². The molecule has 0 aliphatic carbocycles. The largest absolute Gasteiger partial charge is 0.383 e. The first-order valence-corrected chi connectivity index (χ1v) is 6.77. The second-order valence-corrected chi connectivity index (χ2v) is 4.96. The van der Waals surface area contributed by atoms with Gasteiger partial charge in [0.15, 0.2) is 0 Å². The molecule has 0 fully saturated rings. The summed E-state index contributed by atoms with van der Waals surface area (Å²) in [4.78, 5) is 4.13. The Balaban J connectivity index is 2.45. The van der Waals surface area contributed by atoms with Crippen LogP contribution >= 0.6 is 23.2 Å². The van der Waals surface area contributed by atoms with E-state index in [4.69, 9.17) is 28.9 Å². The predicted octanol–water partition coefficient (Wildman–Crippen LogP) is 3.67. The van der Waals surface area contributed by atoms with E-state index < -0.39 is 0 Å². The first kappa shape index (κ1) is 14.1. The molecule has 0 amide bonds. The molecular weight excluding hydrogens is 281 g/mol. The number of nitrogens with two attached hydrogens (primary N) is 1. The van der Waals surface area contributed by atoms with E-state index in [2.05, 4.69) is 10.3 Å². The molecule has 0 aliphatic rings. The zero-order valence-corrected chi connectivity index (χ0v) is 12.0. The van der Waals surface area contributed by atoms with Crippen LogP contribution in [0.3, 0.4) is 0 Å². The van der Waals surface area contributed by atoms with Crippen LogP contribution < -0.4 is 11.1 Å². The fraction of sp³-hybridized carbons (Fsp3) is 0.214. The van der Waals surface area contributed by atoms with Crippen molar-refractivity contribution in [2.24, 2.45) is 0 Å². The standard InChI is InChI=1S/C14H15Cl2N3/c1-2-18-13(10-4-3-7-19-14(10)17)9-5-6-11(15)12(16)8-9/h3-8,13,18H,2H2,1H3,(H2,17,19). The second-order valence-electron chi connectivity index (χ2n) is 4.14. The van der Waals surface area contributed by atoms with Gasteiger partial charge in [-0.15, -0.1) is 0 Å². The van der Waals surface area contributed by atoms with Crippen LogP contribution in [-0.4, -0.2) is 11.5 Å². The Bertz CT molecular complexity index is 572. The summed E-state index contributed by atoms with van der Waals surface area (Å²) in [5, 5.41) is 4.45. The summed E-state index contributed by atoms with van der Waals surface area (Å²) in [5.41, 5.74) is 7.89. The lowest BCUT2D eigenvalue weighted by molar-refractivity contribution is 0.630. The molecule has 1 aromatic carbocycles. The molecule has 1 heterocycles. The van der Waals surface area contributed by atoms with Gasteiger partial charge in [0.1, 0.15) is 5.82 Å². The minimum Gasteiger partial charge on any atom is -0.383 e. The zero-order valence-electron chi connectivity index (χ0n) is 10.5. The Morgan fingerprint density at radius 3 is 2.68 bits per heavy atom. The van der Waals surface area contributed by atoms with Gasteiger partial charge < -0.3 is 11.1 Å². The molecule has 0 saturated carbocycles. The van der Waals surface area contributed by atoms with Crippen molar-refractivity contribution in [3.63, 3.8) is 0 Å². The molecule has 1 aromatic heterocycles. The summed E-state index contributed by atoms with van der Waals surface area (Å²) in [7, 11) is 0. The SMILES string of the molecule is CCNC(c1ccc(Cl)c(Cl)c1)c1cccnc1N. The van der Waals surface area contributed by atoms with E-state index in [9.17, 15) is 0 Å². The van der Waals surface area contributed by atoms with Crippen molar-refractivity contribution in [2.45, 2.75) is 13.0 Å². The summed E-state index contributed by atoms with van der Waals surface area (Å²) in [6.45, 7) is 2.84. The Labute approximate surface area is 122 Å². The molecule has 3 N–H and O–H groups in total. The molecule has 19 heavy (non-hydrogen) atoms. The van der Waals surface area contributed by atoms with Gasteiger partial charge in [-0.05, 0) is 30.3 Å². The van der Waals surface area contributed by atoms with E-state index in [1.54, 1.807) is 12.3 Å². The van der Waals surface area contributed by atoms with E-state index in [0.29, 0.717) is 15.9 Å². The highest BCUT2D eigenvalue weighted by molar-refractivity contribution is 6.42. The van der Waals surface area contributed by atoms with Crippen LogP contribution in [0, 0.1) is 0 Å². The highest BCUT2D eigenvalue weighted by Gasteiger charge is 2.17. The maximum atomic E-state index is 6.08. The fourth-order valence-corrected chi connectivity index (χ4v) is 2.28. The van der Waals surface area contributed by atoms with E-state index >= 15 is 0 Å². The average Bonchev–Trinajstić information content (AvgIpc) is 2.40. The van der Waals surface area contributed by atoms with Crippen LogP contribution in [0.4, 0.5) is 5.82 Å². The van der Waals surface area contributed by atoms with Gasteiger partial charge in [-0.2, -0.15) is 0 Å². The summed E-state index contributed by atoms with van der Waals surface area (Å²) in [6.07, 6.45) is 1.68. The number of aromatic nitrogens is 1. The van der Waals surface area contributed by atoms with Crippen molar-refractivity contribution < 1.29 is 0 Å². The van der Waals surface area contributed by atoms with E-state index in [1.165, 1.54) is 0 Å². The van der Waals surface area contributed by atoms with Gasteiger partial charge in [0, 0.05) is 11.8 Å². The van der Waals surface area contributed by atoms with E-state index in [0.717, 1.165) is 17.7 Å². The first-order chi connectivity index (χ1) is 9.13. The minimum absolute atomic E-state index is 0.0477. The maximum Gasteiger partial charge on any atom is 0.128 e. The van der Waals surface area contributed by atoms with E-state index in [-0.39, 0.29) is 6.04 Å². The van der Waals surface area contributed by atoms with Gasteiger partial charge in [-0.1, -0.05) is 42.3 Å². The number of hydrogen-bond acceptors (Lipinski definition) is 3. The number of halogens is 2. The molecule has 1 atom stereocenters. The number of pyridine rings is 1. The Morgan fingerprint density at radius 1 is 1.26 bits per heavy atom. The molecule has 0 spiro atoms. The summed E-state index contributed by atoms with van der Waals surface area (Å²) in [5.74, 6) is 0.513. The molecule has 2 aromatic rings. The molecule has 0 aliphatic heterocycles. The van der Waals surface area contributed by atoms with Crippen LogP contribution in [0.25, 0.3) is 0 Å². The first-order valence-electron chi connectivity index (χ1n) is 6.02. The summed E-state index contributed by atoms with van der Waals surface area (Å²) < 4.78 is 0. The summed E-state index contributed by atoms with van der Waals surface area (Å²) >= 11 is 12.0. The monoisotopic (exact) mass is 295 g/mol. The number of nitrogen functional groups attached to an aromatic ring is 1. The van der Waals surface area contributed by atoms with Gasteiger partial charge in [0.05, 0.1) is 16.1 Å². The van der Waals surface area contributed by atoms with Crippen LogP contribution in [0.15, 0.2) is 36.5 Å². The van der Waals surface area contributed by atoms with Crippen LogP contribution in [0.5, 0.6) is 0 Å². The van der Waals surface area contributed by atoms with Gasteiger partial charge in [0.25, 0.3) is 0 Å². The van der Waals surface area contributed by atoms with Crippen molar-refractivity contribution in [3.8, 4) is 0 Å². The van der Waals surface area contributed by atoms with Gasteiger partial charge in [0.2, 0.25) is 0 Å². The van der Waals surface area contributed by atoms with Crippen LogP contribution in [-0.2, 0) is 0 Å². The molecule has 0 radical (unpaired) electrons. The van der Waals surface area contributed by atoms with Crippen molar-refractivity contribution in [1.82, 2.24) is 10.3 Å². The Morgan fingerprint density at radius 2 is 2.05 bits per heavy atom.